The molecule has 9 heteroatoms. The summed E-state index contributed by atoms with van der Waals surface area (Å²) in [5.74, 6) is 0.332. The summed E-state index contributed by atoms with van der Waals surface area (Å²) in [6, 6.07) is 3.12. The molecule has 1 aliphatic carbocycles. The molecule has 1 saturated heterocycles. The topological polar surface area (TPSA) is 71.0 Å². The minimum absolute atomic E-state index is 0.0627. The summed E-state index contributed by atoms with van der Waals surface area (Å²) in [7, 11) is -3.79. The molecule has 3 aliphatic rings. The van der Waals surface area contributed by atoms with Gasteiger partial charge in [-0.2, -0.15) is 0 Å². The summed E-state index contributed by atoms with van der Waals surface area (Å²) in [6.45, 7) is 5.60. The van der Waals surface area contributed by atoms with Crippen LogP contribution in [0.4, 0.5) is 5.69 Å². The highest BCUT2D eigenvalue weighted by Crippen LogP contribution is 2.38. The molecule has 0 aromatic heterocycles. The van der Waals surface area contributed by atoms with Gasteiger partial charge < -0.3 is 9.74 Å². The van der Waals surface area contributed by atoms with Gasteiger partial charge >= 0.3 is 0 Å². The first kappa shape index (κ1) is 20.0. The van der Waals surface area contributed by atoms with Crippen LogP contribution in [-0.2, 0) is 14.9 Å². The van der Waals surface area contributed by atoms with Gasteiger partial charge in [0, 0.05) is 37.2 Å². The van der Waals surface area contributed by atoms with Gasteiger partial charge in [-0.05, 0) is 38.8 Å². The number of halogens is 2. The Morgan fingerprint density at radius 2 is 1.93 bits per heavy atom. The Morgan fingerprint density at radius 3 is 2.46 bits per heavy atom. The summed E-state index contributed by atoms with van der Waals surface area (Å²) >= 11 is 12.7. The summed E-state index contributed by atoms with van der Waals surface area (Å²) in [5, 5.41) is 4.47. The van der Waals surface area contributed by atoms with Gasteiger partial charge in [0.25, 0.3) is 0 Å². The first-order valence-electron chi connectivity index (χ1n) is 9.32. The third kappa shape index (κ3) is 3.90. The second-order valence-corrected chi connectivity index (χ2v) is 10.6. The van der Waals surface area contributed by atoms with Crippen molar-refractivity contribution in [2.75, 3.05) is 18.0 Å². The SMILES string of the molecule is CC1(C)CC(C2CN(c3cc(Cl)c(S(=O)(=O)N[C@@H]4C=CCC4)c(Cl)c3)C2)=NO1. The quantitative estimate of drug-likeness (QED) is 0.698. The molecular weight excluding hydrogens is 421 g/mol. The first-order valence-corrected chi connectivity index (χ1v) is 11.6. The Kier molecular flexibility index (Phi) is 5.15. The van der Waals surface area contributed by atoms with Gasteiger partial charge in [-0.3, -0.25) is 0 Å². The Hall–Kier alpha value is -1.28. The third-order valence-corrected chi connectivity index (χ3v) is 7.72. The van der Waals surface area contributed by atoms with Crippen LogP contribution in [0.15, 0.2) is 34.3 Å². The maximum absolute atomic E-state index is 12.7. The molecule has 6 nitrogen and oxygen atoms in total. The standard InChI is InChI=1S/C19H23Cl2N3O3S/c1-19(2)9-17(22-27-19)12-10-24(11-12)14-7-15(20)18(16(21)8-14)28(25,26)23-13-5-3-4-6-13/h3,5,7-8,12-13,23H,4,6,9-11H2,1-2H3/t13-/m1/s1. The molecule has 28 heavy (non-hydrogen) atoms. The van der Waals surface area contributed by atoms with Crippen molar-refractivity contribution in [2.24, 2.45) is 11.1 Å². The Balaban J connectivity index is 1.47. The average Bonchev–Trinajstić information content (AvgIpc) is 3.14. The normalized spacial score (nSPS) is 24.2. The van der Waals surface area contributed by atoms with Gasteiger partial charge in [0.2, 0.25) is 10.0 Å². The van der Waals surface area contributed by atoms with E-state index >= 15 is 0 Å². The van der Waals surface area contributed by atoms with Crippen LogP contribution in [0.5, 0.6) is 0 Å². The fourth-order valence-electron chi connectivity index (χ4n) is 3.78. The lowest BCUT2D eigenvalue weighted by Gasteiger charge is -2.41. The molecule has 152 valence electrons. The molecular formula is C19H23Cl2N3O3S. The lowest BCUT2D eigenvalue weighted by Crippen LogP contribution is -2.50. The molecule has 0 bridgehead atoms. The average molecular weight is 444 g/mol. The minimum Gasteiger partial charge on any atom is -0.389 e. The summed E-state index contributed by atoms with van der Waals surface area (Å²) in [4.78, 5) is 7.49. The number of benzene rings is 1. The molecule has 0 radical (unpaired) electrons. The van der Waals surface area contributed by atoms with E-state index in [1.165, 1.54) is 0 Å². The van der Waals surface area contributed by atoms with Crippen molar-refractivity contribution in [3.05, 3.63) is 34.3 Å². The van der Waals surface area contributed by atoms with E-state index in [1.807, 2.05) is 26.0 Å². The Morgan fingerprint density at radius 1 is 1.25 bits per heavy atom. The molecule has 4 rings (SSSR count). The molecule has 2 aliphatic heterocycles. The number of nitrogens with zero attached hydrogens (tertiary/aromatic N) is 2. The number of oxime groups is 1. The monoisotopic (exact) mass is 443 g/mol. The predicted molar refractivity (Wildman–Crippen MR) is 112 cm³/mol. The molecule has 0 spiro atoms. The third-order valence-electron chi connectivity index (χ3n) is 5.31. The minimum atomic E-state index is -3.79. The van der Waals surface area contributed by atoms with E-state index in [0.29, 0.717) is 5.92 Å². The predicted octanol–water partition coefficient (Wildman–Crippen LogP) is 3.98. The van der Waals surface area contributed by atoms with Crippen LogP contribution in [0, 0.1) is 5.92 Å². The van der Waals surface area contributed by atoms with E-state index in [0.717, 1.165) is 43.8 Å². The number of nitrogens with one attached hydrogen (secondary N) is 1. The van der Waals surface area contributed by atoms with E-state index in [-0.39, 0.29) is 26.6 Å². The zero-order valence-electron chi connectivity index (χ0n) is 15.8. The van der Waals surface area contributed by atoms with Crippen molar-refractivity contribution >= 4 is 44.6 Å². The van der Waals surface area contributed by atoms with Gasteiger partial charge in [0.15, 0.2) is 0 Å². The lowest BCUT2D eigenvalue weighted by molar-refractivity contribution is 0.0123. The maximum atomic E-state index is 12.7. The molecule has 1 N–H and O–H groups in total. The Labute approximate surface area is 175 Å². The fourth-order valence-corrected chi connectivity index (χ4v) is 6.21. The van der Waals surface area contributed by atoms with Crippen LogP contribution < -0.4 is 9.62 Å². The Bertz CT molecular complexity index is 930. The molecule has 0 saturated carbocycles. The largest absolute Gasteiger partial charge is 0.389 e. The van der Waals surface area contributed by atoms with Crippen molar-refractivity contribution < 1.29 is 13.3 Å². The van der Waals surface area contributed by atoms with E-state index in [4.69, 9.17) is 28.0 Å². The van der Waals surface area contributed by atoms with Crippen molar-refractivity contribution in [1.29, 1.82) is 0 Å². The zero-order valence-corrected chi connectivity index (χ0v) is 18.1. The van der Waals surface area contributed by atoms with Gasteiger partial charge in [0.05, 0.1) is 15.8 Å². The molecule has 0 amide bonds. The van der Waals surface area contributed by atoms with Gasteiger partial charge in [-0.15, -0.1) is 0 Å². The van der Waals surface area contributed by atoms with Gasteiger partial charge in [-0.1, -0.05) is 40.5 Å². The van der Waals surface area contributed by atoms with Crippen molar-refractivity contribution in [3.8, 4) is 0 Å². The van der Waals surface area contributed by atoms with E-state index < -0.39 is 10.0 Å². The van der Waals surface area contributed by atoms with Gasteiger partial charge in [-0.25, -0.2) is 13.1 Å². The van der Waals surface area contributed by atoms with E-state index in [1.54, 1.807) is 12.1 Å². The van der Waals surface area contributed by atoms with Crippen molar-refractivity contribution in [2.45, 2.75) is 49.6 Å². The number of allylic oxidation sites excluding steroid dienone is 1. The summed E-state index contributed by atoms with van der Waals surface area (Å²) < 4.78 is 28.1. The van der Waals surface area contributed by atoms with Crippen LogP contribution in [0.3, 0.4) is 0 Å². The molecule has 1 atom stereocenters. The van der Waals surface area contributed by atoms with Crippen LogP contribution in [0.25, 0.3) is 0 Å². The first-order chi connectivity index (χ1) is 13.1. The highest BCUT2D eigenvalue weighted by molar-refractivity contribution is 7.89. The highest BCUT2D eigenvalue weighted by Gasteiger charge is 2.39. The van der Waals surface area contributed by atoms with Crippen LogP contribution in [-0.4, -0.2) is 38.9 Å². The van der Waals surface area contributed by atoms with E-state index in [9.17, 15) is 8.42 Å². The molecule has 1 fully saturated rings. The van der Waals surface area contributed by atoms with Crippen LogP contribution in [0.1, 0.15) is 33.1 Å². The number of hydrogen-bond acceptors (Lipinski definition) is 5. The summed E-state index contributed by atoms with van der Waals surface area (Å²) in [6.07, 6.45) is 6.24. The second-order valence-electron chi connectivity index (χ2n) is 8.18. The number of rotatable bonds is 5. The van der Waals surface area contributed by atoms with Crippen molar-refractivity contribution in [1.82, 2.24) is 4.72 Å². The molecule has 0 unspecified atom stereocenters. The lowest BCUT2D eigenvalue weighted by atomic mass is 9.88. The second kappa shape index (κ2) is 7.20. The number of anilines is 1. The molecule has 1 aromatic rings. The van der Waals surface area contributed by atoms with Crippen LogP contribution >= 0.6 is 23.2 Å². The van der Waals surface area contributed by atoms with Gasteiger partial charge in [0.1, 0.15) is 10.5 Å². The molecule has 1 aromatic carbocycles. The summed E-state index contributed by atoms with van der Waals surface area (Å²) in [5.41, 5.74) is 1.65. The van der Waals surface area contributed by atoms with Crippen molar-refractivity contribution in [3.63, 3.8) is 0 Å². The number of sulfonamides is 1. The fraction of sp³-hybridized carbons (Fsp3) is 0.526. The number of hydrogen-bond donors (Lipinski definition) is 1. The zero-order chi connectivity index (χ0) is 20.1. The van der Waals surface area contributed by atoms with Crippen LogP contribution in [0.2, 0.25) is 10.0 Å². The van der Waals surface area contributed by atoms with E-state index in [2.05, 4.69) is 14.8 Å². The maximum Gasteiger partial charge on any atom is 0.244 e. The smallest absolute Gasteiger partial charge is 0.244 e. The molecule has 2 heterocycles. The highest BCUT2D eigenvalue weighted by atomic mass is 35.5.